The molecule has 1 aliphatic rings. The molecular weight excluding hydrogens is 142 g/mol. The van der Waals surface area contributed by atoms with Gasteiger partial charge in [0.05, 0.1) is 0 Å². The maximum atomic E-state index is 4.54. The van der Waals surface area contributed by atoms with Crippen LogP contribution in [-0.2, 0) is 9.47 Å². The predicted molar refractivity (Wildman–Crippen MR) is 40.4 cm³/mol. The highest BCUT2D eigenvalue weighted by Crippen LogP contribution is 1.88. The van der Waals surface area contributed by atoms with E-state index in [1.165, 1.54) is 12.5 Å². The first-order valence-corrected chi connectivity index (χ1v) is 3.23. The largest absolute Gasteiger partial charge is 0.462 e. The zero-order valence-corrected chi connectivity index (χ0v) is 6.01. The smallest absolute Gasteiger partial charge is 0.229 e. The summed E-state index contributed by atoms with van der Waals surface area (Å²) in [5.74, 6) is 0. The van der Waals surface area contributed by atoms with E-state index in [1.54, 1.807) is 12.4 Å². The highest BCUT2D eigenvalue weighted by atomic mass is 16.7. The van der Waals surface area contributed by atoms with Crippen LogP contribution in [-0.4, -0.2) is 11.8 Å². The summed E-state index contributed by atoms with van der Waals surface area (Å²) >= 11 is 0. The lowest BCUT2D eigenvalue weighted by atomic mass is 10.5. The van der Waals surface area contributed by atoms with Crippen LogP contribution in [0.25, 0.3) is 0 Å². The fourth-order valence-corrected chi connectivity index (χ4v) is 0.509. The number of nitrogens with zero attached hydrogens (tertiary/aromatic N) is 1. The molecule has 2 heterocycles. The van der Waals surface area contributed by atoms with E-state index in [4.69, 9.17) is 0 Å². The molecule has 1 aromatic rings. The Morgan fingerprint density at radius 3 is 1.73 bits per heavy atom. The van der Waals surface area contributed by atoms with E-state index < -0.39 is 0 Å². The van der Waals surface area contributed by atoms with Crippen molar-refractivity contribution in [2.75, 3.05) is 6.79 Å². The van der Waals surface area contributed by atoms with Crippen molar-refractivity contribution in [3.63, 3.8) is 0 Å². The van der Waals surface area contributed by atoms with Gasteiger partial charge in [0, 0.05) is 12.4 Å². The minimum Gasteiger partial charge on any atom is -0.462 e. The number of ether oxygens (including phenoxy) is 2. The molecular formula is C8H9NO2. The van der Waals surface area contributed by atoms with Crippen LogP contribution in [0, 0.1) is 0 Å². The molecule has 0 saturated carbocycles. The SMILES string of the molecule is C1=COCO1.c1ccncc1. The number of pyridine rings is 1. The molecule has 0 amide bonds. The molecule has 2 rings (SSSR count). The van der Waals surface area contributed by atoms with Crippen molar-refractivity contribution in [1.82, 2.24) is 4.98 Å². The number of hydrogen-bond acceptors (Lipinski definition) is 3. The molecule has 11 heavy (non-hydrogen) atoms. The van der Waals surface area contributed by atoms with E-state index in [0.717, 1.165) is 0 Å². The maximum Gasteiger partial charge on any atom is 0.229 e. The molecule has 1 aromatic heterocycles. The molecule has 1 aliphatic heterocycles. The van der Waals surface area contributed by atoms with Gasteiger partial charge >= 0.3 is 0 Å². The van der Waals surface area contributed by atoms with Crippen molar-refractivity contribution >= 4 is 0 Å². The first-order valence-electron chi connectivity index (χ1n) is 3.23. The summed E-state index contributed by atoms with van der Waals surface area (Å²) in [6.07, 6.45) is 6.53. The second-order valence-electron chi connectivity index (χ2n) is 1.75. The van der Waals surface area contributed by atoms with Crippen LogP contribution in [0.4, 0.5) is 0 Å². The number of hydrogen-bond donors (Lipinski definition) is 0. The van der Waals surface area contributed by atoms with Crippen LogP contribution >= 0.6 is 0 Å². The lowest BCUT2D eigenvalue weighted by Gasteiger charge is -1.82. The first-order chi connectivity index (χ1) is 5.50. The van der Waals surface area contributed by atoms with Crippen LogP contribution < -0.4 is 0 Å². The molecule has 0 aromatic carbocycles. The highest BCUT2D eigenvalue weighted by Gasteiger charge is 1.82. The van der Waals surface area contributed by atoms with Gasteiger partial charge in [0.25, 0.3) is 0 Å². The van der Waals surface area contributed by atoms with Gasteiger partial charge in [0.2, 0.25) is 6.79 Å². The highest BCUT2D eigenvalue weighted by molar-refractivity contribution is 4.88. The molecule has 0 aliphatic carbocycles. The Hall–Kier alpha value is -1.51. The third-order valence-electron chi connectivity index (χ3n) is 0.951. The average Bonchev–Trinajstić information content (AvgIpc) is 2.64. The van der Waals surface area contributed by atoms with Crippen LogP contribution in [0.2, 0.25) is 0 Å². The third-order valence-corrected chi connectivity index (χ3v) is 0.951. The van der Waals surface area contributed by atoms with Gasteiger partial charge in [0.15, 0.2) is 0 Å². The maximum absolute atomic E-state index is 4.54. The van der Waals surface area contributed by atoms with E-state index in [-0.39, 0.29) is 0 Å². The monoisotopic (exact) mass is 151 g/mol. The molecule has 0 saturated heterocycles. The van der Waals surface area contributed by atoms with Gasteiger partial charge in [-0.25, -0.2) is 0 Å². The van der Waals surface area contributed by atoms with Crippen molar-refractivity contribution in [3.05, 3.63) is 43.1 Å². The molecule has 58 valence electrons. The zero-order chi connectivity index (χ0) is 7.78. The molecule has 0 unspecified atom stereocenters. The quantitative estimate of drug-likeness (QED) is 0.563. The summed E-state index contributed by atoms with van der Waals surface area (Å²) in [6.45, 7) is 0.389. The van der Waals surface area contributed by atoms with Gasteiger partial charge in [0.1, 0.15) is 12.5 Å². The summed E-state index contributed by atoms with van der Waals surface area (Å²) < 4.78 is 9.08. The zero-order valence-electron chi connectivity index (χ0n) is 6.01. The van der Waals surface area contributed by atoms with E-state index in [1.807, 2.05) is 18.2 Å². The molecule has 3 heteroatoms. The van der Waals surface area contributed by atoms with Crippen molar-refractivity contribution in [2.24, 2.45) is 0 Å². The molecule has 0 bridgehead atoms. The van der Waals surface area contributed by atoms with Crippen LogP contribution in [0.15, 0.2) is 43.1 Å². The second-order valence-corrected chi connectivity index (χ2v) is 1.75. The average molecular weight is 151 g/mol. The van der Waals surface area contributed by atoms with Gasteiger partial charge < -0.3 is 9.47 Å². The van der Waals surface area contributed by atoms with Crippen LogP contribution in [0.1, 0.15) is 0 Å². The molecule has 0 atom stereocenters. The number of rotatable bonds is 0. The van der Waals surface area contributed by atoms with E-state index in [9.17, 15) is 0 Å². The summed E-state index contributed by atoms with van der Waals surface area (Å²) in [4.78, 5) is 3.78. The van der Waals surface area contributed by atoms with E-state index >= 15 is 0 Å². The molecule has 0 spiro atoms. The topological polar surface area (TPSA) is 31.4 Å². The third kappa shape index (κ3) is 3.97. The van der Waals surface area contributed by atoms with Gasteiger partial charge in [-0.3, -0.25) is 4.98 Å². The van der Waals surface area contributed by atoms with Gasteiger partial charge in [-0.1, -0.05) is 6.07 Å². The van der Waals surface area contributed by atoms with Gasteiger partial charge in [-0.05, 0) is 12.1 Å². The second kappa shape index (κ2) is 5.29. The fourth-order valence-electron chi connectivity index (χ4n) is 0.509. The Bertz CT molecular complexity index is 166. The predicted octanol–water partition coefficient (Wildman–Crippen LogP) is 1.54. The van der Waals surface area contributed by atoms with Crippen LogP contribution in [0.3, 0.4) is 0 Å². The summed E-state index contributed by atoms with van der Waals surface area (Å²) in [5.41, 5.74) is 0. The lowest BCUT2D eigenvalue weighted by Crippen LogP contribution is -1.75. The Labute approximate surface area is 65.3 Å². The molecule has 0 fully saturated rings. The summed E-state index contributed by atoms with van der Waals surface area (Å²) in [6, 6.07) is 5.72. The summed E-state index contributed by atoms with van der Waals surface area (Å²) in [7, 11) is 0. The Morgan fingerprint density at radius 1 is 0.909 bits per heavy atom. The Morgan fingerprint density at radius 2 is 1.55 bits per heavy atom. The van der Waals surface area contributed by atoms with E-state index in [2.05, 4.69) is 14.5 Å². The fraction of sp³-hybridized carbons (Fsp3) is 0.125. The molecule has 0 radical (unpaired) electrons. The van der Waals surface area contributed by atoms with Gasteiger partial charge in [-0.15, -0.1) is 0 Å². The minimum absolute atomic E-state index is 0.389. The van der Waals surface area contributed by atoms with E-state index in [0.29, 0.717) is 6.79 Å². The van der Waals surface area contributed by atoms with Crippen molar-refractivity contribution in [2.45, 2.75) is 0 Å². The lowest BCUT2D eigenvalue weighted by molar-refractivity contribution is 0.0920. The minimum atomic E-state index is 0.389. The molecule has 3 nitrogen and oxygen atoms in total. The van der Waals surface area contributed by atoms with Crippen LogP contribution in [0.5, 0.6) is 0 Å². The standard InChI is InChI=1S/C5H5N.C3H4O2/c1-2-4-6-5-3-1;1-2-5-3-4-1/h1-5H;1-2H,3H2. The van der Waals surface area contributed by atoms with Crippen molar-refractivity contribution in [3.8, 4) is 0 Å². The van der Waals surface area contributed by atoms with Crippen molar-refractivity contribution < 1.29 is 9.47 Å². The van der Waals surface area contributed by atoms with Gasteiger partial charge in [-0.2, -0.15) is 0 Å². The first kappa shape index (κ1) is 7.60. The Balaban J connectivity index is 0.000000112. The summed E-state index contributed by atoms with van der Waals surface area (Å²) in [5, 5.41) is 0. The molecule has 0 N–H and O–H groups in total. The number of aromatic nitrogens is 1. The Kier molecular flexibility index (Phi) is 3.65. The van der Waals surface area contributed by atoms with Crippen molar-refractivity contribution in [1.29, 1.82) is 0 Å². The normalized spacial score (nSPS) is 12.4.